The van der Waals surface area contributed by atoms with E-state index in [1.165, 1.54) is 0 Å². The van der Waals surface area contributed by atoms with Crippen LogP contribution in [0.4, 0.5) is 9.59 Å². The van der Waals surface area contributed by atoms with Crippen molar-refractivity contribution in [1.29, 1.82) is 0 Å². The molecule has 1 amide bonds. The first-order valence-corrected chi connectivity index (χ1v) is 8.72. The number of carbonyl (C=O) groups excluding carboxylic acids is 2. The lowest BCUT2D eigenvalue weighted by Gasteiger charge is -2.19. The summed E-state index contributed by atoms with van der Waals surface area (Å²) >= 11 is 0. The van der Waals surface area contributed by atoms with Crippen molar-refractivity contribution < 1.29 is 23.8 Å². The van der Waals surface area contributed by atoms with Gasteiger partial charge in [0.05, 0.1) is 6.61 Å². The van der Waals surface area contributed by atoms with E-state index in [1.54, 1.807) is 12.1 Å². The topological polar surface area (TPSA) is 73.9 Å². The van der Waals surface area contributed by atoms with Crippen molar-refractivity contribution >= 4 is 12.2 Å². The van der Waals surface area contributed by atoms with Crippen LogP contribution in [-0.4, -0.2) is 30.5 Å². The van der Waals surface area contributed by atoms with Crippen LogP contribution in [0.3, 0.4) is 0 Å². The van der Waals surface area contributed by atoms with Gasteiger partial charge in [0.1, 0.15) is 11.4 Å². The van der Waals surface area contributed by atoms with Gasteiger partial charge in [0.2, 0.25) is 0 Å². The molecule has 1 aliphatic rings. The van der Waals surface area contributed by atoms with Gasteiger partial charge in [-0.1, -0.05) is 25.5 Å². The molecule has 6 heteroatoms. The number of hydrogen-bond acceptors (Lipinski definition) is 5. The van der Waals surface area contributed by atoms with Crippen molar-refractivity contribution in [3.63, 3.8) is 0 Å². The molecule has 1 aliphatic carbocycles. The number of hydrogen-bond donors (Lipinski definition) is 1. The Labute approximate surface area is 148 Å². The second kappa shape index (κ2) is 8.23. The Kier molecular flexibility index (Phi) is 6.28. The van der Waals surface area contributed by atoms with Gasteiger partial charge in [-0.05, 0) is 51.3 Å². The van der Waals surface area contributed by atoms with Crippen molar-refractivity contribution in [2.24, 2.45) is 0 Å². The first kappa shape index (κ1) is 19.1. The maximum Gasteiger partial charge on any atom is 0.513 e. The van der Waals surface area contributed by atoms with Gasteiger partial charge < -0.3 is 19.5 Å². The van der Waals surface area contributed by atoms with E-state index in [1.807, 2.05) is 39.8 Å². The number of alkyl carbamates (subject to hydrolysis) is 1. The van der Waals surface area contributed by atoms with Crippen molar-refractivity contribution in [2.75, 3.05) is 6.61 Å². The van der Waals surface area contributed by atoms with Gasteiger partial charge in [-0.2, -0.15) is 0 Å². The van der Waals surface area contributed by atoms with Crippen LogP contribution in [0.2, 0.25) is 0 Å². The van der Waals surface area contributed by atoms with E-state index < -0.39 is 17.8 Å². The monoisotopic (exact) mass is 349 g/mol. The first-order valence-electron chi connectivity index (χ1n) is 8.72. The third kappa shape index (κ3) is 6.64. The summed E-state index contributed by atoms with van der Waals surface area (Å²) in [5, 5.41) is 2.87. The van der Waals surface area contributed by atoms with Crippen molar-refractivity contribution in [1.82, 2.24) is 5.32 Å². The van der Waals surface area contributed by atoms with E-state index in [9.17, 15) is 9.59 Å². The largest absolute Gasteiger partial charge is 0.513 e. The van der Waals surface area contributed by atoms with Crippen LogP contribution in [-0.2, 0) is 9.47 Å². The molecule has 6 nitrogen and oxygen atoms in total. The maximum atomic E-state index is 11.8. The molecule has 1 saturated carbocycles. The summed E-state index contributed by atoms with van der Waals surface area (Å²) in [6, 6.07) is 7.35. The quantitative estimate of drug-likeness (QED) is 0.468. The summed E-state index contributed by atoms with van der Waals surface area (Å²) in [5.74, 6) is 0.709. The minimum Gasteiger partial charge on any atom is -0.444 e. The lowest BCUT2D eigenvalue weighted by molar-refractivity contribution is 0.0522. The standard InChI is InChI=1S/C19H27NO5/c1-5-6-11-23-18(22)24-14-9-7-13(8-10-14)15-12-16(15)20-17(21)25-19(2,3)4/h7-10,15-16H,5-6,11-12H2,1-4H3,(H,20,21). The van der Waals surface area contributed by atoms with Crippen LogP contribution < -0.4 is 10.1 Å². The van der Waals surface area contributed by atoms with Gasteiger partial charge in [0.15, 0.2) is 0 Å². The van der Waals surface area contributed by atoms with E-state index >= 15 is 0 Å². The molecule has 25 heavy (non-hydrogen) atoms. The van der Waals surface area contributed by atoms with Gasteiger partial charge in [-0.25, -0.2) is 9.59 Å². The molecule has 0 saturated heterocycles. The molecular weight excluding hydrogens is 322 g/mol. The van der Waals surface area contributed by atoms with Crippen molar-refractivity contribution in [3.05, 3.63) is 29.8 Å². The normalized spacial score (nSPS) is 19.0. The molecule has 1 aromatic rings. The molecule has 0 aromatic heterocycles. The maximum absolute atomic E-state index is 11.8. The predicted octanol–water partition coefficient (Wildman–Crippen LogP) is 4.38. The van der Waals surface area contributed by atoms with E-state index in [0.29, 0.717) is 12.4 Å². The van der Waals surface area contributed by atoms with Gasteiger partial charge in [0.25, 0.3) is 0 Å². The minimum absolute atomic E-state index is 0.0839. The van der Waals surface area contributed by atoms with Gasteiger partial charge in [0, 0.05) is 12.0 Å². The van der Waals surface area contributed by atoms with E-state index in [0.717, 1.165) is 24.8 Å². The number of carbonyl (C=O) groups is 2. The summed E-state index contributed by atoms with van der Waals surface area (Å²) in [7, 11) is 0. The molecule has 2 atom stereocenters. The molecule has 1 aromatic carbocycles. The molecule has 0 heterocycles. The second-order valence-electron chi connectivity index (χ2n) is 7.22. The molecule has 1 N–H and O–H groups in total. The van der Waals surface area contributed by atoms with Crippen LogP contribution in [0, 0.1) is 0 Å². The fraction of sp³-hybridized carbons (Fsp3) is 0.579. The lowest BCUT2D eigenvalue weighted by Crippen LogP contribution is -2.34. The minimum atomic E-state index is -0.683. The van der Waals surface area contributed by atoms with E-state index in [4.69, 9.17) is 14.2 Å². The van der Waals surface area contributed by atoms with Gasteiger partial charge in [-0.15, -0.1) is 0 Å². The summed E-state index contributed by atoms with van der Waals surface area (Å²) in [6.07, 6.45) is 1.58. The Morgan fingerprint density at radius 2 is 1.88 bits per heavy atom. The molecular formula is C19H27NO5. The number of rotatable bonds is 6. The fourth-order valence-corrected chi connectivity index (χ4v) is 2.39. The summed E-state index contributed by atoms with van der Waals surface area (Å²) in [4.78, 5) is 23.3. The smallest absolute Gasteiger partial charge is 0.444 e. The molecule has 0 aliphatic heterocycles. The highest BCUT2D eigenvalue weighted by molar-refractivity contribution is 5.69. The molecule has 138 valence electrons. The Balaban J connectivity index is 1.77. The zero-order valence-corrected chi connectivity index (χ0v) is 15.3. The van der Waals surface area contributed by atoms with Crippen LogP contribution in [0.5, 0.6) is 5.75 Å². The molecule has 2 unspecified atom stereocenters. The number of nitrogens with one attached hydrogen (secondary N) is 1. The number of benzene rings is 1. The highest BCUT2D eigenvalue weighted by atomic mass is 16.7. The molecule has 0 radical (unpaired) electrons. The second-order valence-corrected chi connectivity index (χ2v) is 7.22. The van der Waals surface area contributed by atoms with Crippen molar-refractivity contribution in [3.8, 4) is 5.75 Å². The van der Waals surface area contributed by atoms with Gasteiger partial charge in [-0.3, -0.25) is 0 Å². The predicted molar refractivity (Wildman–Crippen MR) is 93.8 cm³/mol. The number of unbranched alkanes of at least 4 members (excludes halogenated alkanes) is 1. The highest BCUT2D eigenvalue weighted by Gasteiger charge is 2.40. The zero-order valence-electron chi connectivity index (χ0n) is 15.3. The lowest BCUT2D eigenvalue weighted by atomic mass is 10.1. The molecule has 0 spiro atoms. The summed E-state index contributed by atoms with van der Waals surface area (Å²) in [6.45, 7) is 7.90. The van der Waals surface area contributed by atoms with Crippen LogP contribution in [0.25, 0.3) is 0 Å². The van der Waals surface area contributed by atoms with E-state index in [-0.39, 0.29) is 12.0 Å². The van der Waals surface area contributed by atoms with Crippen LogP contribution >= 0.6 is 0 Å². The Bertz CT molecular complexity index is 591. The molecule has 1 fully saturated rings. The van der Waals surface area contributed by atoms with Gasteiger partial charge >= 0.3 is 12.2 Å². The average molecular weight is 349 g/mol. The Hall–Kier alpha value is -2.24. The number of amides is 1. The van der Waals surface area contributed by atoms with Crippen LogP contribution in [0.1, 0.15) is 58.4 Å². The summed E-state index contributed by atoms with van der Waals surface area (Å²) < 4.78 is 15.3. The Morgan fingerprint density at radius 3 is 2.48 bits per heavy atom. The SMILES string of the molecule is CCCCOC(=O)Oc1ccc(C2CC2NC(=O)OC(C)(C)C)cc1. The molecule has 0 bridgehead atoms. The highest BCUT2D eigenvalue weighted by Crippen LogP contribution is 2.41. The number of ether oxygens (including phenoxy) is 3. The third-order valence-electron chi connectivity index (χ3n) is 3.72. The average Bonchev–Trinajstić information content (AvgIpc) is 3.25. The third-order valence-corrected chi connectivity index (χ3v) is 3.72. The zero-order chi connectivity index (χ0) is 18.4. The Morgan fingerprint density at radius 1 is 1.20 bits per heavy atom. The van der Waals surface area contributed by atoms with Crippen molar-refractivity contribution in [2.45, 2.75) is 64.5 Å². The van der Waals surface area contributed by atoms with E-state index in [2.05, 4.69) is 5.32 Å². The molecule has 2 rings (SSSR count). The fourth-order valence-electron chi connectivity index (χ4n) is 2.39. The first-order chi connectivity index (χ1) is 11.8. The summed E-state index contributed by atoms with van der Waals surface area (Å²) in [5.41, 5.74) is 0.590. The van der Waals surface area contributed by atoms with Crippen LogP contribution in [0.15, 0.2) is 24.3 Å².